The van der Waals surface area contributed by atoms with E-state index >= 15 is 0 Å². The second-order valence-corrected chi connectivity index (χ2v) is 8.17. The lowest BCUT2D eigenvalue weighted by molar-refractivity contribution is -0.152. The highest BCUT2D eigenvalue weighted by atomic mass is 35.7. The Balaban J connectivity index is 1.85. The Bertz CT molecular complexity index is 534. The summed E-state index contributed by atoms with van der Waals surface area (Å²) in [5.74, 6) is -0.0781. The van der Waals surface area contributed by atoms with Crippen molar-refractivity contribution in [2.24, 2.45) is 0 Å². The van der Waals surface area contributed by atoms with E-state index in [2.05, 4.69) is 5.09 Å². The van der Waals surface area contributed by atoms with Gasteiger partial charge in [0, 0.05) is 11.2 Å². The minimum absolute atomic E-state index is 0.0461. The van der Waals surface area contributed by atoms with E-state index in [0.29, 0.717) is 5.75 Å². The van der Waals surface area contributed by atoms with E-state index in [9.17, 15) is 9.36 Å². The Morgan fingerprint density at radius 2 is 1.91 bits per heavy atom. The maximum Gasteiger partial charge on any atom is 0.409 e. The second kappa shape index (κ2) is 8.00. The van der Waals surface area contributed by atoms with Crippen LogP contribution < -0.4 is 9.61 Å². The first-order chi connectivity index (χ1) is 10.5. The van der Waals surface area contributed by atoms with Gasteiger partial charge >= 0.3 is 12.8 Å². The molecule has 2 atom stereocenters. The van der Waals surface area contributed by atoms with Crippen LogP contribution >= 0.6 is 18.1 Å². The molecule has 0 bridgehead atoms. The third-order valence-electron chi connectivity index (χ3n) is 3.50. The van der Waals surface area contributed by atoms with Gasteiger partial charge in [0.15, 0.2) is 0 Å². The van der Waals surface area contributed by atoms with Gasteiger partial charge in [-0.05, 0) is 44.7 Å². The number of rotatable bonds is 6. The van der Waals surface area contributed by atoms with E-state index in [1.807, 2.05) is 6.07 Å². The molecule has 0 saturated heterocycles. The van der Waals surface area contributed by atoms with Gasteiger partial charge in [-0.1, -0.05) is 24.6 Å². The van der Waals surface area contributed by atoms with Gasteiger partial charge in [-0.2, -0.15) is 0 Å². The topological polar surface area (TPSA) is 64.6 Å². The van der Waals surface area contributed by atoms with Crippen LogP contribution in [0.3, 0.4) is 0 Å². The average molecular weight is 346 g/mol. The fourth-order valence-corrected chi connectivity index (χ4v) is 4.07. The first-order valence-corrected chi connectivity index (χ1v) is 10.0. The molecule has 7 heteroatoms. The number of para-hydroxylation sites is 1. The molecular weight excluding hydrogens is 325 g/mol. The minimum Gasteiger partial charge on any atom is -0.461 e. The first kappa shape index (κ1) is 17.3. The fraction of sp³-hybridized carbons (Fsp3) is 0.533. The van der Waals surface area contributed by atoms with Crippen molar-refractivity contribution >= 4 is 24.1 Å². The van der Waals surface area contributed by atoms with E-state index in [1.165, 1.54) is 6.42 Å². The molecule has 0 aliphatic heterocycles. The molecule has 22 heavy (non-hydrogen) atoms. The van der Waals surface area contributed by atoms with Crippen LogP contribution in [0.2, 0.25) is 0 Å². The molecule has 1 N–H and O–H groups in total. The Labute approximate surface area is 135 Å². The molecule has 1 aliphatic carbocycles. The normalized spacial score (nSPS) is 19.9. The summed E-state index contributed by atoms with van der Waals surface area (Å²) in [6, 6.07) is 7.78. The molecule has 1 saturated carbocycles. The highest BCUT2D eigenvalue weighted by molar-refractivity contribution is 7.84. The monoisotopic (exact) mass is 345 g/mol. The summed E-state index contributed by atoms with van der Waals surface area (Å²) in [6.07, 6.45) is 5.06. The number of halogens is 1. The summed E-state index contributed by atoms with van der Waals surface area (Å²) in [5.41, 5.74) is 0. The van der Waals surface area contributed by atoms with Crippen molar-refractivity contribution in [1.82, 2.24) is 5.09 Å². The number of carbonyl (C=O) groups excluding carboxylic acids is 1. The zero-order chi connectivity index (χ0) is 16.0. The summed E-state index contributed by atoms with van der Waals surface area (Å²) >= 11 is 5.87. The van der Waals surface area contributed by atoms with Gasteiger partial charge in [0.05, 0.1) is 0 Å². The minimum atomic E-state index is -3.66. The van der Waals surface area contributed by atoms with E-state index in [4.69, 9.17) is 20.5 Å². The van der Waals surface area contributed by atoms with Crippen molar-refractivity contribution in [3.8, 4) is 5.75 Å². The molecule has 1 fully saturated rings. The highest BCUT2D eigenvalue weighted by Gasteiger charge is 2.29. The summed E-state index contributed by atoms with van der Waals surface area (Å²) < 4.78 is 22.8. The van der Waals surface area contributed by atoms with Crippen molar-refractivity contribution in [3.63, 3.8) is 0 Å². The van der Waals surface area contributed by atoms with Gasteiger partial charge in [0.1, 0.15) is 17.9 Å². The standard InChI is InChI=1S/C15H21ClNO4P/c1-12(15(18)20-13-8-4-2-5-9-13)17-22(16,19)21-14-10-6-3-7-11-14/h3,6-7,10-13H,2,4-5,8-9H2,1H3,(H,17,19)/t12-,22+/m0/s1. The molecule has 1 aromatic carbocycles. The van der Waals surface area contributed by atoms with Crippen LogP contribution in [0.15, 0.2) is 30.3 Å². The summed E-state index contributed by atoms with van der Waals surface area (Å²) in [4.78, 5) is 12.0. The van der Waals surface area contributed by atoms with E-state index in [1.54, 1.807) is 31.2 Å². The predicted molar refractivity (Wildman–Crippen MR) is 86.1 cm³/mol. The average Bonchev–Trinajstić information content (AvgIpc) is 2.48. The molecule has 1 aromatic rings. The number of esters is 1. The van der Waals surface area contributed by atoms with Gasteiger partial charge in [0.25, 0.3) is 0 Å². The zero-order valence-electron chi connectivity index (χ0n) is 12.5. The van der Waals surface area contributed by atoms with E-state index in [-0.39, 0.29) is 6.10 Å². The van der Waals surface area contributed by atoms with Crippen molar-refractivity contribution in [2.45, 2.75) is 51.2 Å². The number of carbonyl (C=O) groups is 1. The fourth-order valence-electron chi connectivity index (χ4n) is 2.38. The van der Waals surface area contributed by atoms with Gasteiger partial charge < -0.3 is 9.26 Å². The number of nitrogens with one attached hydrogen (secondary N) is 1. The van der Waals surface area contributed by atoms with Gasteiger partial charge in [-0.15, -0.1) is 0 Å². The molecule has 2 rings (SSSR count). The molecule has 0 aromatic heterocycles. The largest absolute Gasteiger partial charge is 0.461 e. The van der Waals surface area contributed by atoms with Crippen molar-refractivity contribution < 1.29 is 18.6 Å². The third-order valence-corrected chi connectivity index (χ3v) is 5.14. The number of benzene rings is 1. The van der Waals surface area contributed by atoms with Crippen LogP contribution in [-0.2, 0) is 14.1 Å². The molecule has 0 amide bonds. The molecule has 1 aliphatic rings. The third kappa shape index (κ3) is 5.64. The molecule has 0 spiro atoms. The molecule has 5 nitrogen and oxygen atoms in total. The first-order valence-electron chi connectivity index (χ1n) is 7.49. The van der Waals surface area contributed by atoms with Crippen molar-refractivity contribution in [3.05, 3.63) is 30.3 Å². The lowest BCUT2D eigenvalue weighted by atomic mass is 9.98. The quantitative estimate of drug-likeness (QED) is 0.616. The van der Waals surface area contributed by atoms with E-state index < -0.39 is 18.9 Å². The van der Waals surface area contributed by atoms with Crippen LogP contribution in [0.25, 0.3) is 0 Å². The van der Waals surface area contributed by atoms with Crippen LogP contribution in [0, 0.1) is 0 Å². The van der Waals surface area contributed by atoms with Crippen LogP contribution in [-0.4, -0.2) is 18.1 Å². The number of hydrogen-bond donors (Lipinski definition) is 1. The molecular formula is C15H21ClNO4P. The SMILES string of the molecule is C[C@H](N[P@@](=O)(Cl)Oc1ccccc1)C(=O)OC1CCCCC1. The van der Waals surface area contributed by atoms with Gasteiger partial charge in [-0.25, -0.2) is 9.65 Å². The zero-order valence-corrected chi connectivity index (χ0v) is 14.2. The predicted octanol–water partition coefficient (Wildman–Crippen LogP) is 4.27. The summed E-state index contributed by atoms with van der Waals surface area (Å²) in [5, 5.41) is 2.52. The van der Waals surface area contributed by atoms with Crippen LogP contribution in [0.1, 0.15) is 39.0 Å². The Morgan fingerprint density at radius 1 is 1.27 bits per heavy atom. The molecule has 122 valence electrons. The molecule has 0 radical (unpaired) electrons. The van der Waals surface area contributed by atoms with Gasteiger partial charge in [-0.3, -0.25) is 4.79 Å². The Kier molecular flexibility index (Phi) is 6.30. The van der Waals surface area contributed by atoms with Crippen molar-refractivity contribution in [1.29, 1.82) is 0 Å². The summed E-state index contributed by atoms with van der Waals surface area (Å²) in [7, 11) is 0. The van der Waals surface area contributed by atoms with Crippen molar-refractivity contribution in [2.75, 3.05) is 0 Å². The lowest BCUT2D eigenvalue weighted by Gasteiger charge is -2.24. The smallest absolute Gasteiger partial charge is 0.409 e. The van der Waals surface area contributed by atoms with Crippen LogP contribution in [0.4, 0.5) is 0 Å². The van der Waals surface area contributed by atoms with E-state index in [0.717, 1.165) is 25.7 Å². The van der Waals surface area contributed by atoms with Crippen LogP contribution in [0.5, 0.6) is 5.75 Å². The maximum absolute atomic E-state index is 12.2. The summed E-state index contributed by atoms with van der Waals surface area (Å²) in [6.45, 7) is -2.09. The number of hydrogen-bond acceptors (Lipinski definition) is 4. The second-order valence-electron chi connectivity index (χ2n) is 5.43. The maximum atomic E-state index is 12.2. The number of ether oxygens (including phenoxy) is 1. The van der Waals surface area contributed by atoms with Gasteiger partial charge in [0.2, 0.25) is 0 Å². The highest BCUT2D eigenvalue weighted by Crippen LogP contribution is 2.48. The molecule has 0 heterocycles. The Morgan fingerprint density at radius 3 is 2.55 bits per heavy atom. The Hall–Kier alpha value is -1.03. The molecule has 0 unspecified atom stereocenters. The lowest BCUT2D eigenvalue weighted by Crippen LogP contribution is -2.36.